The topological polar surface area (TPSA) is 62.5 Å². The summed E-state index contributed by atoms with van der Waals surface area (Å²) in [5.74, 6) is -0.568. The molecule has 0 saturated heterocycles. The average molecular weight is 322 g/mol. The molecule has 0 amide bonds. The lowest BCUT2D eigenvalue weighted by atomic mass is 10.3. The Kier molecular flexibility index (Phi) is 5.32. The second kappa shape index (κ2) is 7.22. The van der Waals surface area contributed by atoms with Crippen molar-refractivity contribution >= 4 is 35.2 Å². The molecule has 1 aromatic heterocycles. The summed E-state index contributed by atoms with van der Waals surface area (Å²) in [5, 5.41) is 0. The molecule has 0 N–H and O–H groups in total. The number of para-hydroxylation sites is 2. The van der Waals surface area contributed by atoms with Crippen LogP contribution in [0, 0.1) is 4.77 Å². The number of methoxy groups -OCH3 is 2. The van der Waals surface area contributed by atoms with Gasteiger partial charge < -0.3 is 18.6 Å². The van der Waals surface area contributed by atoms with E-state index >= 15 is 0 Å². The van der Waals surface area contributed by atoms with Gasteiger partial charge in [0, 0.05) is 13.1 Å². The highest BCUT2D eigenvalue weighted by atomic mass is 32.1. The summed E-state index contributed by atoms with van der Waals surface area (Å²) in [6.45, 7) is 0.883. The maximum Gasteiger partial charge on any atom is 0.307 e. The molecule has 118 valence electrons. The number of benzene rings is 1. The lowest BCUT2D eigenvalue weighted by Crippen LogP contribution is -2.09. The van der Waals surface area contributed by atoms with Crippen molar-refractivity contribution < 1.29 is 19.1 Å². The van der Waals surface area contributed by atoms with Crippen LogP contribution in [0.15, 0.2) is 24.3 Å². The Morgan fingerprint density at radius 2 is 1.36 bits per heavy atom. The van der Waals surface area contributed by atoms with Crippen molar-refractivity contribution in [1.29, 1.82) is 0 Å². The van der Waals surface area contributed by atoms with Crippen LogP contribution < -0.4 is 0 Å². The van der Waals surface area contributed by atoms with Gasteiger partial charge in [-0.15, -0.1) is 0 Å². The molecular formula is C15H18N2O4S. The smallest absolute Gasteiger partial charge is 0.307 e. The predicted octanol–water partition coefficient (Wildman–Crippen LogP) is 2.30. The fourth-order valence-corrected chi connectivity index (χ4v) is 2.69. The minimum absolute atomic E-state index is 0.246. The van der Waals surface area contributed by atoms with Crippen molar-refractivity contribution in [2.75, 3.05) is 14.2 Å². The zero-order chi connectivity index (χ0) is 16.1. The molecule has 2 aromatic rings. The molecule has 2 rings (SSSR count). The third kappa shape index (κ3) is 3.36. The Balaban J connectivity index is 2.36. The van der Waals surface area contributed by atoms with E-state index in [0.717, 1.165) is 11.0 Å². The van der Waals surface area contributed by atoms with E-state index in [4.69, 9.17) is 12.2 Å². The number of rotatable bonds is 6. The number of fused-ring (bicyclic) bond motifs is 1. The highest BCUT2D eigenvalue weighted by molar-refractivity contribution is 7.71. The van der Waals surface area contributed by atoms with Crippen LogP contribution in [0.1, 0.15) is 12.8 Å². The third-order valence-electron chi connectivity index (χ3n) is 3.46. The Morgan fingerprint density at radius 3 is 1.73 bits per heavy atom. The molecule has 0 bridgehead atoms. The molecule has 0 spiro atoms. The molecule has 0 radical (unpaired) electrons. The molecule has 1 heterocycles. The molecule has 0 aliphatic rings. The number of hydrogen-bond acceptors (Lipinski definition) is 5. The summed E-state index contributed by atoms with van der Waals surface area (Å²) in [5.41, 5.74) is 1.86. The van der Waals surface area contributed by atoms with E-state index in [0.29, 0.717) is 17.9 Å². The Bertz CT molecular complexity index is 688. The molecule has 1 aromatic carbocycles. The second-order valence-corrected chi connectivity index (χ2v) is 5.09. The quantitative estimate of drug-likeness (QED) is 0.603. The number of carbonyl (C=O) groups is 2. The summed E-state index contributed by atoms with van der Waals surface area (Å²) >= 11 is 5.49. The Hall–Kier alpha value is -2.15. The predicted molar refractivity (Wildman–Crippen MR) is 84.0 cm³/mol. The van der Waals surface area contributed by atoms with Crippen molar-refractivity contribution in [3.63, 3.8) is 0 Å². The molecule has 7 heteroatoms. The highest BCUT2D eigenvalue weighted by Gasteiger charge is 2.12. The van der Waals surface area contributed by atoms with Crippen LogP contribution in [0.3, 0.4) is 0 Å². The summed E-state index contributed by atoms with van der Waals surface area (Å²) in [6.07, 6.45) is 0.492. The van der Waals surface area contributed by atoms with Gasteiger partial charge in [-0.25, -0.2) is 0 Å². The molecule has 0 atom stereocenters. The largest absolute Gasteiger partial charge is 0.469 e. The molecular weight excluding hydrogens is 304 g/mol. The van der Waals surface area contributed by atoms with Crippen molar-refractivity contribution in [2.24, 2.45) is 0 Å². The van der Waals surface area contributed by atoms with E-state index in [1.54, 1.807) is 0 Å². The Morgan fingerprint density at radius 1 is 0.955 bits per heavy atom. The van der Waals surface area contributed by atoms with Gasteiger partial charge in [0.15, 0.2) is 4.77 Å². The van der Waals surface area contributed by atoms with Crippen molar-refractivity contribution in [3.05, 3.63) is 29.0 Å². The van der Waals surface area contributed by atoms with Gasteiger partial charge in [0.05, 0.1) is 38.1 Å². The molecule has 0 aliphatic heterocycles. The molecule has 0 unspecified atom stereocenters. The first-order valence-corrected chi connectivity index (χ1v) is 7.31. The molecule has 22 heavy (non-hydrogen) atoms. The maximum absolute atomic E-state index is 11.4. The first-order chi connectivity index (χ1) is 10.6. The van der Waals surface area contributed by atoms with E-state index in [2.05, 4.69) is 9.47 Å². The van der Waals surface area contributed by atoms with Gasteiger partial charge >= 0.3 is 11.9 Å². The third-order valence-corrected chi connectivity index (χ3v) is 3.90. The van der Waals surface area contributed by atoms with Gasteiger partial charge in [-0.2, -0.15) is 0 Å². The van der Waals surface area contributed by atoms with Crippen LogP contribution in [0.5, 0.6) is 0 Å². The zero-order valence-corrected chi connectivity index (χ0v) is 13.4. The van der Waals surface area contributed by atoms with Crippen molar-refractivity contribution in [2.45, 2.75) is 25.9 Å². The van der Waals surface area contributed by atoms with Crippen molar-refractivity contribution in [3.8, 4) is 0 Å². The first-order valence-electron chi connectivity index (χ1n) is 6.90. The molecule has 0 fully saturated rings. The number of imidazole rings is 1. The van der Waals surface area contributed by atoms with Gasteiger partial charge in [-0.3, -0.25) is 9.59 Å². The molecule has 0 saturated carbocycles. The van der Waals surface area contributed by atoms with Gasteiger partial charge in [-0.1, -0.05) is 12.1 Å². The van der Waals surface area contributed by atoms with E-state index < -0.39 is 0 Å². The standard InChI is InChI=1S/C15H18N2O4S/c1-20-13(18)7-9-16-11-5-3-4-6-12(11)17(15(16)22)10-8-14(19)21-2/h3-6H,7-10H2,1-2H3. The molecule has 6 nitrogen and oxygen atoms in total. The van der Waals surface area contributed by atoms with Crippen LogP contribution in [-0.2, 0) is 32.2 Å². The highest BCUT2D eigenvalue weighted by Crippen LogP contribution is 2.19. The minimum atomic E-state index is -0.284. The van der Waals surface area contributed by atoms with Gasteiger partial charge in [-0.05, 0) is 24.4 Å². The molecule has 0 aliphatic carbocycles. The number of hydrogen-bond donors (Lipinski definition) is 0. The van der Waals surface area contributed by atoms with E-state index in [9.17, 15) is 9.59 Å². The SMILES string of the molecule is COC(=O)CCn1c(=S)n(CCC(=O)OC)c2ccccc21. The average Bonchev–Trinajstić information content (AvgIpc) is 2.81. The van der Waals surface area contributed by atoms with Gasteiger partial charge in [0.1, 0.15) is 0 Å². The fraction of sp³-hybridized carbons (Fsp3) is 0.400. The van der Waals surface area contributed by atoms with E-state index in [1.807, 2.05) is 33.4 Å². The zero-order valence-electron chi connectivity index (χ0n) is 12.6. The van der Waals surface area contributed by atoms with Crippen LogP contribution in [-0.4, -0.2) is 35.3 Å². The number of aryl methyl sites for hydroxylation is 2. The normalized spacial score (nSPS) is 10.6. The summed E-state index contributed by atoms with van der Waals surface area (Å²) in [7, 11) is 2.72. The number of esters is 2. The number of ether oxygens (including phenoxy) is 2. The Labute approximate surface area is 133 Å². The lowest BCUT2D eigenvalue weighted by molar-refractivity contribution is -0.141. The summed E-state index contributed by atoms with van der Waals surface area (Å²) in [4.78, 5) is 22.7. The summed E-state index contributed by atoms with van der Waals surface area (Å²) < 4.78 is 13.7. The van der Waals surface area contributed by atoms with Crippen LogP contribution in [0.25, 0.3) is 11.0 Å². The van der Waals surface area contributed by atoms with Crippen molar-refractivity contribution in [1.82, 2.24) is 9.13 Å². The monoisotopic (exact) mass is 322 g/mol. The summed E-state index contributed by atoms with van der Waals surface area (Å²) in [6, 6.07) is 7.71. The lowest BCUT2D eigenvalue weighted by Gasteiger charge is -2.04. The number of aromatic nitrogens is 2. The number of carbonyl (C=O) groups excluding carboxylic acids is 2. The minimum Gasteiger partial charge on any atom is -0.469 e. The fourth-order valence-electron chi connectivity index (χ4n) is 2.31. The second-order valence-electron chi connectivity index (χ2n) is 4.73. The van der Waals surface area contributed by atoms with Crippen LogP contribution in [0.2, 0.25) is 0 Å². The van der Waals surface area contributed by atoms with Crippen LogP contribution >= 0.6 is 12.2 Å². The van der Waals surface area contributed by atoms with E-state index in [-0.39, 0.29) is 24.8 Å². The van der Waals surface area contributed by atoms with Gasteiger partial charge in [0.25, 0.3) is 0 Å². The first kappa shape index (κ1) is 16.2. The van der Waals surface area contributed by atoms with Gasteiger partial charge in [0.2, 0.25) is 0 Å². The maximum atomic E-state index is 11.4. The number of nitrogens with zero attached hydrogens (tertiary/aromatic N) is 2. The van der Waals surface area contributed by atoms with E-state index in [1.165, 1.54) is 14.2 Å². The van der Waals surface area contributed by atoms with Crippen LogP contribution in [0.4, 0.5) is 0 Å².